The molecule has 0 atom stereocenters. The predicted octanol–water partition coefficient (Wildman–Crippen LogP) is 3.06. The lowest BCUT2D eigenvalue weighted by atomic mass is 10.0. The topological polar surface area (TPSA) is 70.7 Å². The first-order valence-corrected chi connectivity index (χ1v) is 8.04. The zero-order chi connectivity index (χ0) is 19.2. The Hall–Kier alpha value is -2.52. The van der Waals surface area contributed by atoms with Gasteiger partial charge in [-0.15, -0.1) is 13.2 Å². The number of nitrogens with zero attached hydrogens (tertiary/aromatic N) is 1. The van der Waals surface area contributed by atoms with Gasteiger partial charge in [-0.25, -0.2) is 4.79 Å². The van der Waals surface area contributed by atoms with Crippen LogP contribution in [-0.2, 0) is 4.79 Å². The van der Waals surface area contributed by atoms with E-state index in [0.717, 1.165) is 12.1 Å². The lowest BCUT2D eigenvalue weighted by Crippen LogP contribution is -2.47. The number of hydrogen-bond donors (Lipinski definition) is 2. The summed E-state index contributed by atoms with van der Waals surface area (Å²) in [5.41, 5.74) is 0.313. The molecule has 0 aromatic heterocycles. The van der Waals surface area contributed by atoms with Crippen LogP contribution in [0.2, 0.25) is 0 Å². The van der Waals surface area contributed by atoms with Gasteiger partial charge in [0.2, 0.25) is 5.91 Å². The van der Waals surface area contributed by atoms with Gasteiger partial charge in [-0.2, -0.15) is 0 Å². The second kappa shape index (κ2) is 8.72. The number of urea groups is 1. The van der Waals surface area contributed by atoms with Crippen molar-refractivity contribution in [3.8, 4) is 5.75 Å². The van der Waals surface area contributed by atoms with E-state index in [1.54, 1.807) is 4.90 Å². The minimum Gasteiger partial charge on any atom is -0.406 e. The van der Waals surface area contributed by atoms with Gasteiger partial charge in [0, 0.05) is 24.8 Å². The summed E-state index contributed by atoms with van der Waals surface area (Å²) in [5, 5.41) is 5.25. The highest BCUT2D eigenvalue weighted by atomic mass is 19.4. The lowest BCUT2D eigenvalue weighted by Gasteiger charge is -2.32. The number of carbonyl (C=O) groups is 2. The summed E-state index contributed by atoms with van der Waals surface area (Å²) in [6.45, 7) is 0.187. The quantitative estimate of drug-likeness (QED) is 0.775. The Balaban J connectivity index is 1.76. The molecule has 1 aliphatic rings. The Labute approximate surface area is 147 Å². The Bertz CT molecular complexity index is 614. The maximum Gasteiger partial charge on any atom is 0.573 e. The van der Waals surface area contributed by atoms with Gasteiger partial charge in [-0.1, -0.05) is 0 Å². The van der Waals surface area contributed by atoms with Crippen molar-refractivity contribution in [1.82, 2.24) is 10.2 Å². The van der Waals surface area contributed by atoms with Crippen LogP contribution in [0, 0.1) is 0 Å². The van der Waals surface area contributed by atoms with Crippen molar-refractivity contribution in [2.24, 2.45) is 0 Å². The highest BCUT2D eigenvalue weighted by Gasteiger charge is 2.31. The first-order valence-electron chi connectivity index (χ1n) is 8.04. The van der Waals surface area contributed by atoms with Gasteiger partial charge in [0.25, 0.3) is 0 Å². The molecule has 2 N–H and O–H groups in total. The number of ether oxygens (including phenoxy) is 1. The Kier molecular flexibility index (Phi) is 6.64. The number of alkyl halides is 4. The van der Waals surface area contributed by atoms with Crippen molar-refractivity contribution >= 4 is 17.6 Å². The van der Waals surface area contributed by atoms with Crippen molar-refractivity contribution in [2.75, 3.05) is 25.1 Å². The molecule has 0 bridgehead atoms. The number of anilines is 1. The summed E-state index contributed by atoms with van der Waals surface area (Å²) in [4.78, 5) is 25.1. The molecule has 1 aromatic rings. The molecule has 10 heteroatoms. The first kappa shape index (κ1) is 19.8. The molecule has 1 heterocycles. The summed E-state index contributed by atoms with van der Waals surface area (Å²) >= 11 is 0. The lowest BCUT2D eigenvalue weighted by molar-refractivity contribution is -0.274. The Morgan fingerprint density at radius 2 is 1.77 bits per heavy atom. The number of amides is 3. The molecule has 0 spiro atoms. The summed E-state index contributed by atoms with van der Waals surface area (Å²) in [6.07, 6.45) is -3.81. The summed E-state index contributed by atoms with van der Waals surface area (Å²) in [5.74, 6) is -0.620. The van der Waals surface area contributed by atoms with Crippen LogP contribution in [0.25, 0.3) is 0 Å². The van der Waals surface area contributed by atoms with Gasteiger partial charge in [-0.3, -0.25) is 9.18 Å². The predicted molar refractivity (Wildman–Crippen MR) is 85.5 cm³/mol. The molecule has 26 heavy (non-hydrogen) atoms. The van der Waals surface area contributed by atoms with Crippen LogP contribution >= 0.6 is 0 Å². The van der Waals surface area contributed by atoms with Crippen LogP contribution < -0.4 is 15.4 Å². The van der Waals surface area contributed by atoms with E-state index < -0.39 is 19.1 Å². The average Bonchev–Trinajstić information content (AvgIpc) is 2.56. The van der Waals surface area contributed by atoms with E-state index in [1.807, 2.05) is 0 Å². The van der Waals surface area contributed by atoms with E-state index in [-0.39, 0.29) is 24.1 Å². The molecule has 6 nitrogen and oxygen atoms in total. The van der Waals surface area contributed by atoms with Crippen LogP contribution in [0.1, 0.15) is 19.3 Å². The molecular weight excluding hydrogens is 358 g/mol. The number of piperidine rings is 1. The zero-order valence-electron chi connectivity index (χ0n) is 13.8. The van der Waals surface area contributed by atoms with Crippen LogP contribution in [0.4, 0.5) is 28.0 Å². The maximum absolute atomic E-state index is 12.2. The van der Waals surface area contributed by atoms with Crippen molar-refractivity contribution in [3.63, 3.8) is 0 Å². The molecule has 1 fully saturated rings. The molecule has 1 aromatic carbocycles. The highest BCUT2D eigenvalue weighted by Crippen LogP contribution is 2.24. The Morgan fingerprint density at radius 3 is 2.31 bits per heavy atom. The van der Waals surface area contributed by atoms with E-state index >= 15 is 0 Å². The van der Waals surface area contributed by atoms with Gasteiger partial charge in [0.1, 0.15) is 5.75 Å². The average molecular weight is 377 g/mol. The fourth-order valence-corrected chi connectivity index (χ4v) is 2.60. The van der Waals surface area contributed by atoms with Crippen LogP contribution in [-0.4, -0.2) is 49.0 Å². The van der Waals surface area contributed by atoms with Crippen molar-refractivity contribution in [2.45, 2.75) is 31.7 Å². The van der Waals surface area contributed by atoms with Crippen molar-refractivity contribution in [1.29, 1.82) is 0 Å². The van der Waals surface area contributed by atoms with Crippen molar-refractivity contribution in [3.05, 3.63) is 24.3 Å². The van der Waals surface area contributed by atoms with Gasteiger partial charge in [-0.05, 0) is 37.1 Å². The third kappa shape index (κ3) is 6.41. The number of nitrogens with one attached hydrogen (secondary N) is 2. The monoisotopic (exact) mass is 377 g/mol. The number of carbonyl (C=O) groups excluding carboxylic acids is 2. The molecule has 3 amide bonds. The Morgan fingerprint density at radius 1 is 1.15 bits per heavy atom. The van der Waals surface area contributed by atoms with E-state index in [0.29, 0.717) is 31.6 Å². The molecule has 144 valence electrons. The van der Waals surface area contributed by atoms with E-state index in [2.05, 4.69) is 15.4 Å². The van der Waals surface area contributed by atoms with Gasteiger partial charge in [0.15, 0.2) is 0 Å². The van der Waals surface area contributed by atoms with Gasteiger partial charge < -0.3 is 20.3 Å². The minimum atomic E-state index is -4.77. The molecule has 0 unspecified atom stereocenters. The second-order valence-corrected chi connectivity index (χ2v) is 5.76. The molecule has 0 saturated carbocycles. The summed E-state index contributed by atoms with van der Waals surface area (Å²) in [7, 11) is 0. The van der Waals surface area contributed by atoms with Crippen LogP contribution in [0.15, 0.2) is 24.3 Å². The van der Waals surface area contributed by atoms with Crippen LogP contribution in [0.3, 0.4) is 0 Å². The summed E-state index contributed by atoms with van der Waals surface area (Å²) in [6, 6.07) is 4.13. The standard InChI is InChI=1S/C16H19F4N3O3/c17-8-5-14(24)23-9-6-12(7-10-23)22-15(25)21-11-1-3-13(4-2-11)26-16(18,19)20/h1-4,12H,5-10H2,(H2,21,22,25). The number of likely N-dealkylation sites (tertiary alicyclic amines) is 1. The fraction of sp³-hybridized carbons (Fsp3) is 0.500. The molecule has 1 saturated heterocycles. The molecule has 0 radical (unpaired) electrons. The first-order chi connectivity index (χ1) is 12.3. The number of hydrogen-bond acceptors (Lipinski definition) is 3. The SMILES string of the molecule is O=C(Nc1ccc(OC(F)(F)F)cc1)NC1CCN(C(=O)CCF)CC1. The van der Waals surface area contributed by atoms with Gasteiger partial charge in [0.05, 0.1) is 13.1 Å². The third-order valence-electron chi connectivity index (χ3n) is 3.84. The minimum absolute atomic E-state index is 0.132. The smallest absolute Gasteiger partial charge is 0.406 e. The second-order valence-electron chi connectivity index (χ2n) is 5.76. The zero-order valence-corrected chi connectivity index (χ0v) is 13.8. The molecule has 2 rings (SSSR count). The fourth-order valence-electron chi connectivity index (χ4n) is 2.60. The highest BCUT2D eigenvalue weighted by molar-refractivity contribution is 5.89. The maximum atomic E-state index is 12.2. The number of halogens is 4. The van der Waals surface area contributed by atoms with E-state index in [1.165, 1.54) is 12.1 Å². The van der Waals surface area contributed by atoms with Gasteiger partial charge >= 0.3 is 12.4 Å². The molecular formula is C16H19F4N3O3. The molecule has 0 aliphatic carbocycles. The third-order valence-corrected chi connectivity index (χ3v) is 3.84. The normalized spacial score (nSPS) is 15.5. The van der Waals surface area contributed by atoms with Crippen LogP contribution in [0.5, 0.6) is 5.75 Å². The largest absolute Gasteiger partial charge is 0.573 e. The summed E-state index contributed by atoms with van der Waals surface area (Å²) < 4.78 is 52.2. The number of rotatable bonds is 5. The van der Waals surface area contributed by atoms with E-state index in [4.69, 9.17) is 0 Å². The number of benzene rings is 1. The van der Waals surface area contributed by atoms with E-state index in [9.17, 15) is 27.2 Å². The molecule has 1 aliphatic heterocycles. The van der Waals surface area contributed by atoms with Crippen molar-refractivity contribution < 1.29 is 31.9 Å².